The first-order valence-electron chi connectivity index (χ1n) is 4.15. The standard InChI is InChI=1S/C8H14N2O/c1-10-6-3-4-8(10)7(5-6)9-11-2/h6,8H,3-5H2,1-2H3/b9-7-. The van der Waals surface area contributed by atoms with Gasteiger partial charge in [0.1, 0.15) is 7.11 Å². The van der Waals surface area contributed by atoms with Crippen LogP contribution in [0.25, 0.3) is 0 Å². The van der Waals surface area contributed by atoms with Crippen molar-refractivity contribution in [2.45, 2.75) is 31.3 Å². The number of fused-ring (bicyclic) bond motifs is 2. The van der Waals surface area contributed by atoms with Crippen molar-refractivity contribution in [2.75, 3.05) is 14.2 Å². The van der Waals surface area contributed by atoms with Crippen LogP contribution in [0.2, 0.25) is 0 Å². The van der Waals surface area contributed by atoms with Crippen molar-refractivity contribution in [3.8, 4) is 0 Å². The molecule has 0 radical (unpaired) electrons. The molecule has 0 aromatic heterocycles. The fraction of sp³-hybridized carbons (Fsp3) is 0.875. The third-order valence-corrected chi connectivity index (χ3v) is 2.88. The molecule has 62 valence electrons. The summed E-state index contributed by atoms with van der Waals surface area (Å²) in [6.45, 7) is 0. The Balaban J connectivity index is 2.14. The van der Waals surface area contributed by atoms with Gasteiger partial charge in [0, 0.05) is 12.5 Å². The molecule has 0 aromatic carbocycles. The highest BCUT2D eigenvalue weighted by atomic mass is 16.6. The monoisotopic (exact) mass is 154 g/mol. The molecule has 2 rings (SSSR count). The van der Waals surface area contributed by atoms with Gasteiger partial charge in [-0.05, 0) is 19.9 Å². The molecule has 2 atom stereocenters. The molecule has 0 spiro atoms. The lowest BCUT2D eigenvalue weighted by molar-refractivity contribution is 0.210. The molecule has 2 aliphatic rings. The molecular formula is C8H14N2O. The maximum Gasteiger partial charge on any atom is 0.106 e. The van der Waals surface area contributed by atoms with Crippen LogP contribution in [0.1, 0.15) is 19.3 Å². The van der Waals surface area contributed by atoms with Crippen LogP contribution < -0.4 is 0 Å². The summed E-state index contributed by atoms with van der Waals surface area (Å²) in [7, 11) is 3.81. The quantitative estimate of drug-likeness (QED) is 0.523. The Kier molecular flexibility index (Phi) is 1.60. The second kappa shape index (κ2) is 2.48. The average molecular weight is 154 g/mol. The highest BCUT2D eigenvalue weighted by molar-refractivity contribution is 5.92. The van der Waals surface area contributed by atoms with Crippen LogP contribution in [0.4, 0.5) is 0 Å². The van der Waals surface area contributed by atoms with E-state index in [0.29, 0.717) is 6.04 Å². The van der Waals surface area contributed by atoms with Gasteiger partial charge >= 0.3 is 0 Å². The molecule has 0 saturated carbocycles. The molecule has 2 aliphatic heterocycles. The number of oxime groups is 1. The molecule has 11 heavy (non-hydrogen) atoms. The lowest BCUT2D eigenvalue weighted by atomic mass is 9.99. The van der Waals surface area contributed by atoms with Gasteiger partial charge in [-0.2, -0.15) is 0 Å². The van der Waals surface area contributed by atoms with Crippen LogP contribution in [0.3, 0.4) is 0 Å². The van der Waals surface area contributed by atoms with Gasteiger partial charge in [0.25, 0.3) is 0 Å². The molecule has 2 bridgehead atoms. The van der Waals surface area contributed by atoms with E-state index < -0.39 is 0 Å². The highest BCUT2D eigenvalue weighted by Gasteiger charge is 2.41. The van der Waals surface area contributed by atoms with Gasteiger partial charge in [-0.1, -0.05) is 5.16 Å². The summed E-state index contributed by atoms with van der Waals surface area (Å²) in [5, 5.41) is 4.03. The molecule has 2 unspecified atom stereocenters. The van der Waals surface area contributed by atoms with Crippen LogP contribution in [0.5, 0.6) is 0 Å². The first-order valence-corrected chi connectivity index (χ1v) is 4.15. The van der Waals surface area contributed by atoms with Gasteiger partial charge in [-0.25, -0.2) is 0 Å². The van der Waals surface area contributed by atoms with Gasteiger partial charge in [0.15, 0.2) is 0 Å². The van der Waals surface area contributed by atoms with Crippen molar-refractivity contribution in [1.82, 2.24) is 4.90 Å². The van der Waals surface area contributed by atoms with Crippen LogP contribution in [0.15, 0.2) is 5.16 Å². The van der Waals surface area contributed by atoms with E-state index >= 15 is 0 Å². The van der Waals surface area contributed by atoms with E-state index in [-0.39, 0.29) is 0 Å². The number of rotatable bonds is 1. The summed E-state index contributed by atoms with van der Waals surface area (Å²) >= 11 is 0. The Hall–Kier alpha value is -0.570. The number of hydrogen-bond donors (Lipinski definition) is 0. The van der Waals surface area contributed by atoms with Gasteiger partial charge in [-0.15, -0.1) is 0 Å². The van der Waals surface area contributed by atoms with E-state index in [9.17, 15) is 0 Å². The normalized spacial score (nSPS) is 40.4. The summed E-state index contributed by atoms with van der Waals surface area (Å²) < 4.78 is 0. The predicted molar refractivity (Wildman–Crippen MR) is 43.6 cm³/mol. The Morgan fingerprint density at radius 2 is 2.36 bits per heavy atom. The van der Waals surface area contributed by atoms with Crippen molar-refractivity contribution in [2.24, 2.45) is 5.16 Å². The maximum absolute atomic E-state index is 4.79. The first-order chi connectivity index (χ1) is 5.33. The van der Waals surface area contributed by atoms with Crippen molar-refractivity contribution >= 4 is 5.71 Å². The zero-order chi connectivity index (χ0) is 7.84. The average Bonchev–Trinajstić information content (AvgIpc) is 2.47. The van der Waals surface area contributed by atoms with Crippen molar-refractivity contribution in [3.63, 3.8) is 0 Å². The molecule has 2 saturated heterocycles. The molecule has 0 aromatic rings. The Labute approximate surface area is 67.0 Å². The molecule has 2 heterocycles. The van der Waals surface area contributed by atoms with Crippen LogP contribution >= 0.6 is 0 Å². The molecule has 2 fully saturated rings. The third kappa shape index (κ3) is 0.948. The molecule has 0 N–H and O–H groups in total. The Bertz CT molecular complexity index is 191. The minimum absolute atomic E-state index is 0.583. The van der Waals surface area contributed by atoms with Crippen molar-refractivity contribution in [3.05, 3.63) is 0 Å². The molecule has 3 nitrogen and oxygen atoms in total. The lowest BCUT2D eigenvalue weighted by Gasteiger charge is -2.12. The van der Waals surface area contributed by atoms with E-state index in [2.05, 4.69) is 17.1 Å². The van der Waals surface area contributed by atoms with Crippen molar-refractivity contribution < 1.29 is 4.84 Å². The fourth-order valence-electron chi connectivity index (χ4n) is 2.25. The Morgan fingerprint density at radius 1 is 1.55 bits per heavy atom. The third-order valence-electron chi connectivity index (χ3n) is 2.88. The van der Waals surface area contributed by atoms with E-state index in [0.717, 1.165) is 12.5 Å². The fourth-order valence-corrected chi connectivity index (χ4v) is 2.25. The largest absolute Gasteiger partial charge is 0.399 e. The Morgan fingerprint density at radius 3 is 2.82 bits per heavy atom. The molecule has 3 heteroatoms. The van der Waals surface area contributed by atoms with E-state index in [1.165, 1.54) is 18.6 Å². The van der Waals surface area contributed by atoms with Crippen LogP contribution in [-0.2, 0) is 4.84 Å². The molecule has 0 aliphatic carbocycles. The maximum atomic E-state index is 4.79. The van der Waals surface area contributed by atoms with E-state index in [1.54, 1.807) is 7.11 Å². The van der Waals surface area contributed by atoms with E-state index in [1.807, 2.05) is 0 Å². The molecule has 0 amide bonds. The van der Waals surface area contributed by atoms with Crippen LogP contribution in [0, 0.1) is 0 Å². The summed E-state index contributed by atoms with van der Waals surface area (Å²) in [6, 6.07) is 1.33. The van der Waals surface area contributed by atoms with Gasteiger partial charge in [-0.3, -0.25) is 4.90 Å². The minimum Gasteiger partial charge on any atom is -0.399 e. The second-order valence-corrected chi connectivity index (χ2v) is 3.38. The summed E-state index contributed by atoms with van der Waals surface area (Å²) in [5.74, 6) is 0. The van der Waals surface area contributed by atoms with Crippen molar-refractivity contribution in [1.29, 1.82) is 0 Å². The van der Waals surface area contributed by atoms with E-state index in [4.69, 9.17) is 4.84 Å². The zero-order valence-corrected chi connectivity index (χ0v) is 7.08. The lowest BCUT2D eigenvalue weighted by Crippen LogP contribution is -2.25. The summed E-state index contributed by atoms with van der Waals surface area (Å²) in [4.78, 5) is 7.20. The first kappa shape index (κ1) is 7.10. The number of hydrogen-bond acceptors (Lipinski definition) is 3. The number of nitrogens with zero attached hydrogens (tertiary/aromatic N) is 2. The second-order valence-electron chi connectivity index (χ2n) is 3.38. The highest BCUT2D eigenvalue weighted by Crippen LogP contribution is 2.34. The zero-order valence-electron chi connectivity index (χ0n) is 7.08. The SMILES string of the molecule is CO/N=C1/CC2CCC1N2C. The summed E-state index contributed by atoms with van der Waals surface area (Å²) in [6.07, 6.45) is 3.72. The topological polar surface area (TPSA) is 24.8 Å². The van der Waals surface area contributed by atoms with Crippen LogP contribution in [-0.4, -0.2) is 36.9 Å². The van der Waals surface area contributed by atoms with Gasteiger partial charge in [0.05, 0.1) is 11.8 Å². The summed E-state index contributed by atoms with van der Waals surface area (Å²) in [5.41, 5.74) is 1.24. The smallest absolute Gasteiger partial charge is 0.106 e. The predicted octanol–water partition coefficient (Wildman–Crippen LogP) is 0.855. The van der Waals surface area contributed by atoms with Gasteiger partial charge < -0.3 is 4.84 Å². The van der Waals surface area contributed by atoms with Gasteiger partial charge in [0.2, 0.25) is 0 Å². The minimum atomic E-state index is 0.583. The molecular weight excluding hydrogens is 140 g/mol.